The minimum absolute atomic E-state index is 0.0608. The molecular weight excluding hydrogens is 467 g/mol. The third-order valence-corrected chi connectivity index (χ3v) is 5.74. The Morgan fingerprint density at radius 3 is 2.32 bits per heavy atom. The van der Waals surface area contributed by atoms with Crippen molar-refractivity contribution in [2.24, 2.45) is 0 Å². The standard InChI is InChI=1S/C25H21ClF3N3O2/c26-17-8-13-21(20(15-17)25(27,28)29)31-24(34)23(16-5-2-1-3-6-16)30-18-9-11-19(12-10-18)32-14-4-7-22(32)33/h1-3,5-6,8-13,15,23,30H,4,7,14H2,(H,31,34)/t23-/m1/s1. The van der Waals surface area contributed by atoms with Crippen molar-refractivity contribution in [2.75, 3.05) is 22.1 Å². The van der Waals surface area contributed by atoms with Crippen LogP contribution in [0.25, 0.3) is 0 Å². The Hall–Kier alpha value is -3.52. The summed E-state index contributed by atoms with van der Waals surface area (Å²) in [5.74, 6) is -0.608. The number of carbonyl (C=O) groups excluding carboxylic acids is 2. The zero-order valence-electron chi connectivity index (χ0n) is 17.9. The van der Waals surface area contributed by atoms with Crippen LogP contribution in [0.15, 0.2) is 72.8 Å². The maximum Gasteiger partial charge on any atom is 0.418 e. The molecule has 1 atom stereocenters. The first-order chi connectivity index (χ1) is 16.2. The second-order valence-electron chi connectivity index (χ2n) is 7.86. The molecule has 0 aliphatic carbocycles. The minimum atomic E-state index is -4.69. The molecule has 4 rings (SSSR count). The van der Waals surface area contributed by atoms with Crippen LogP contribution in [-0.2, 0) is 15.8 Å². The summed E-state index contributed by atoms with van der Waals surface area (Å²) in [6.07, 6.45) is -3.37. The van der Waals surface area contributed by atoms with Crippen molar-refractivity contribution >= 4 is 40.5 Å². The molecule has 1 heterocycles. The van der Waals surface area contributed by atoms with E-state index >= 15 is 0 Å². The van der Waals surface area contributed by atoms with Crippen molar-refractivity contribution in [3.05, 3.63) is 88.9 Å². The van der Waals surface area contributed by atoms with Gasteiger partial charge in [-0.1, -0.05) is 41.9 Å². The van der Waals surface area contributed by atoms with E-state index in [2.05, 4.69) is 10.6 Å². The number of anilines is 3. The normalized spacial score (nSPS) is 14.7. The molecule has 0 spiro atoms. The smallest absolute Gasteiger partial charge is 0.370 e. The third kappa shape index (κ3) is 5.34. The topological polar surface area (TPSA) is 61.4 Å². The molecule has 5 nitrogen and oxygen atoms in total. The predicted octanol–water partition coefficient (Wildman–Crippen LogP) is 6.28. The van der Waals surface area contributed by atoms with Crippen LogP contribution in [0.4, 0.5) is 30.2 Å². The van der Waals surface area contributed by atoms with Crippen molar-refractivity contribution in [1.29, 1.82) is 0 Å². The van der Waals surface area contributed by atoms with Gasteiger partial charge in [-0.05, 0) is 54.4 Å². The van der Waals surface area contributed by atoms with Gasteiger partial charge in [0.2, 0.25) is 5.91 Å². The van der Waals surface area contributed by atoms with Crippen LogP contribution in [0, 0.1) is 0 Å². The molecule has 1 saturated heterocycles. The summed E-state index contributed by atoms with van der Waals surface area (Å²) in [5.41, 5.74) is 0.491. The number of alkyl halides is 3. The van der Waals surface area contributed by atoms with Gasteiger partial charge < -0.3 is 15.5 Å². The van der Waals surface area contributed by atoms with Gasteiger partial charge in [-0.3, -0.25) is 9.59 Å². The molecule has 0 bridgehead atoms. The molecule has 3 aromatic rings. The van der Waals surface area contributed by atoms with Crippen LogP contribution in [0.5, 0.6) is 0 Å². The highest BCUT2D eigenvalue weighted by atomic mass is 35.5. The predicted molar refractivity (Wildman–Crippen MR) is 126 cm³/mol. The van der Waals surface area contributed by atoms with Gasteiger partial charge in [0.25, 0.3) is 5.91 Å². The highest BCUT2D eigenvalue weighted by Crippen LogP contribution is 2.37. The van der Waals surface area contributed by atoms with Gasteiger partial charge in [0.1, 0.15) is 6.04 Å². The number of hydrogen-bond acceptors (Lipinski definition) is 3. The maximum absolute atomic E-state index is 13.5. The average Bonchev–Trinajstić information content (AvgIpc) is 3.24. The van der Waals surface area contributed by atoms with Gasteiger partial charge in [-0.25, -0.2) is 0 Å². The molecule has 9 heteroatoms. The fourth-order valence-corrected chi connectivity index (χ4v) is 4.01. The van der Waals surface area contributed by atoms with E-state index in [9.17, 15) is 22.8 Å². The number of hydrogen-bond donors (Lipinski definition) is 2. The van der Waals surface area contributed by atoms with Gasteiger partial charge in [0.05, 0.1) is 11.3 Å². The summed E-state index contributed by atoms with van der Waals surface area (Å²) < 4.78 is 40.5. The molecule has 176 valence electrons. The van der Waals surface area contributed by atoms with Crippen LogP contribution in [0.1, 0.15) is 30.0 Å². The van der Waals surface area contributed by atoms with Gasteiger partial charge in [0.15, 0.2) is 0 Å². The number of carbonyl (C=O) groups is 2. The highest BCUT2D eigenvalue weighted by molar-refractivity contribution is 6.30. The van der Waals surface area contributed by atoms with Crippen molar-refractivity contribution in [3.63, 3.8) is 0 Å². The zero-order chi connectivity index (χ0) is 24.3. The molecule has 1 fully saturated rings. The van der Waals surface area contributed by atoms with Gasteiger partial charge in [-0.15, -0.1) is 0 Å². The Morgan fingerprint density at radius 2 is 1.71 bits per heavy atom. The second-order valence-corrected chi connectivity index (χ2v) is 8.30. The van der Waals surface area contributed by atoms with Crippen molar-refractivity contribution in [3.8, 4) is 0 Å². The highest BCUT2D eigenvalue weighted by Gasteiger charge is 2.35. The average molecular weight is 488 g/mol. The summed E-state index contributed by atoms with van der Waals surface area (Å²) in [7, 11) is 0. The van der Waals surface area contributed by atoms with E-state index in [1.54, 1.807) is 59.5 Å². The molecule has 34 heavy (non-hydrogen) atoms. The summed E-state index contributed by atoms with van der Waals surface area (Å²) in [4.78, 5) is 26.8. The van der Waals surface area contributed by atoms with E-state index in [-0.39, 0.29) is 16.6 Å². The van der Waals surface area contributed by atoms with Crippen molar-refractivity contribution in [2.45, 2.75) is 25.1 Å². The van der Waals surface area contributed by atoms with E-state index in [1.807, 2.05) is 0 Å². The molecule has 1 aliphatic heterocycles. The summed E-state index contributed by atoms with van der Waals surface area (Å²) >= 11 is 5.74. The van der Waals surface area contributed by atoms with Crippen molar-refractivity contribution < 1.29 is 22.8 Å². The molecule has 0 unspecified atom stereocenters. The third-order valence-electron chi connectivity index (χ3n) is 5.50. The number of nitrogens with one attached hydrogen (secondary N) is 2. The SMILES string of the molecule is O=C(Nc1ccc(Cl)cc1C(F)(F)F)[C@H](Nc1ccc(N2CCCC2=O)cc1)c1ccccc1. The lowest BCUT2D eigenvalue weighted by Gasteiger charge is -2.22. The van der Waals surface area contributed by atoms with E-state index in [4.69, 9.17) is 11.6 Å². The van der Waals surface area contributed by atoms with Gasteiger partial charge in [0, 0.05) is 29.4 Å². The summed E-state index contributed by atoms with van der Waals surface area (Å²) in [6.45, 7) is 0.656. The van der Waals surface area contributed by atoms with Crippen LogP contribution >= 0.6 is 11.6 Å². The van der Waals surface area contributed by atoms with E-state index in [0.717, 1.165) is 24.2 Å². The zero-order valence-corrected chi connectivity index (χ0v) is 18.7. The lowest BCUT2D eigenvalue weighted by molar-refractivity contribution is -0.137. The van der Waals surface area contributed by atoms with E-state index in [0.29, 0.717) is 24.2 Å². The first-order valence-electron chi connectivity index (χ1n) is 10.6. The fourth-order valence-electron chi connectivity index (χ4n) is 3.84. The Balaban J connectivity index is 1.59. The first-order valence-corrected chi connectivity index (χ1v) is 11.0. The molecule has 0 saturated carbocycles. The molecular formula is C25H21ClF3N3O2. The van der Waals surface area contributed by atoms with Crippen LogP contribution in [0.2, 0.25) is 5.02 Å². The Kier molecular flexibility index (Phi) is 6.79. The van der Waals surface area contributed by atoms with Crippen LogP contribution < -0.4 is 15.5 Å². The minimum Gasteiger partial charge on any atom is -0.370 e. The number of halogens is 4. The lowest BCUT2D eigenvalue weighted by atomic mass is 10.0. The Labute approximate surface area is 199 Å². The second kappa shape index (κ2) is 9.77. The summed E-state index contributed by atoms with van der Waals surface area (Å²) in [6, 6.07) is 17.9. The molecule has 1 aliphatic rings. The van der Waals surface area contributed by atoms with E-state index < -0.39 is 23.7 Å². The van der Waals surface area contributed by atoms with Crippen molar-refractivity contribution in [1.82, 2.24) is 0 Å². The number of benzene rings is 3. The number of amides is 2. The molecule has 2 N–H and O–H groups in total. The molecule has 0 radical (unpaired) electrons. The number of rotatable bonds is 6. The van der Waals surface area contributed by atoms with Crippen LogP contribution in [0.3, 0.4) is 0 Å². The molecule has 2 amide bonds. The summed E-state index contributed by atoms with van der Waals surface area (Å²) in [5, 5.41) is 5.40. The van der Waals surface area contributed by atoms with Crippen LogP contribution in [-0.4, -0.2) is 18.4 Å². The Morgan fingerprint density at radius 1 is 1.00 bits per heavy atom. The monoisotopic (exact) mass is 487 g/mol. The lowest BCUT2D eigenvalue weighted by Crippen LogP contribution is -2.28. The maximum atomic E-state index is 13.5. The first kappa shape index (κ1) is 23.6. The molecule has 3 aromatic carbocycles. The fraction of sp³-hybridized carbons (Fsp3) is 0.200. The van der Waals surface area contributed by atoms with E-state index in [1.165, 1.54) is 6.07 Å². The quantitative estimate of drug-likeness (QED) is 0.430. The number of nitrogens with zero attached hydrogens (tertiary/aromatic N) is 1. The largest absolute Gasteiger partial charge is 0.418 e. The molecule has 0 aromatic heterocycles. The van der Waals surface area contributed by atoms with Gasteiger partial charge in [-0.2, -0.15) is 13.2 Å². The van der Waals surface area contributed by atoms with Gasteiger partial charge >= 0.3 is 6.18 Å². The Bertz CT molecular complexity index is 1180.